The number of nitrogens with zero attached hydrogens (tertiary/aromatic N) is 2. The zero-order valence-electron chi connectivity index (χ0n) is 16.4. The zero-order chi connectivity index (χ0) is 21.6. The molecule has 30 heavy (non-hydrogen) atoms. The zero-order valence-corrected chi connectivity index (χ0v) is 17.9. The second-order valence-corrected chi connectivity index (χ2v) is 8.89. The lowest BCUT2D eigenvalue weighted by molar-refractivity contribution is -0.123. The number of halogens is 1. The van der Waals surface area contributed by atoms with Crippen LogP contribution in [0.15, 0.2) is 58.5 Å². The molecule has 1 amide bonds. The Morgan fingerprint density at radius 1 is 1.13 bits per heavy atom. The van der Waals surface area contributed by atoms with Gasteiger partial charge in [0.05, 0.1) is 23.8 Å². The number of hydrazone groups is 1. The smallest absolute Gasteiger partial charge is 0.277 e. The first kappa shape index (κ1) is 22.2. The largest absolute Gasteiger partial charge is 0.484 e. The Labute approximate surface area is 180 Å². The van der Waals surface area contributed by atoms with Gasteiger partial charge in [-0.25, -0.2) is 13.8 Å². The Morgan fingerprint density at radius 2 is 1.77 bits per heavy atom. The molecule has 1 aliphatic rings. The number of hydrogen-bond acceptors (Lipinski definition) is 6. The van der Waals surface area contributed by atoms with Crippen LogP contribution >= 0.6 is 11.6 Å². The predicted molar refractivity (Wildman–Crippen MR) is 113 cm³/mol. The fraction of sp³-hybridized carbons (Fsp3) is 0.300. The molecule has 2 aromatic carbocycles. The quantitative estimate of drug-likeness (QED) is 0.514. The summed E-state index contributed by atoms with van der Waals surface area (Å²) in [6.07, 6.45) is 0. The number of hydrogen-bond donors (Lipinski definition) is 1. The fourth-order valence-electron chi connectivity index (χ4n) is 2.73. The van der Waals surface area contributed by atoms with Gasteiger partial charge < -0.3 is 9.47 Å². The Morgan fingerprint density at radius 3 is 2.40 bits per heavy atom. The molecule has 3 rings (SSSR count). The lowest BCUT2D eigenvalue weighted by Crippen LogP contribution is -2.40. The van der Waals surface area contributed by atoms with Crippen molar-refractivity contribution < 1.29 is 22.7 Å². The monoisotopic (exact) mass is 451 g/mol. The average molecular weight is 452 g/mol. The maximum Gasteiger partial charge on any atom is 0.277 e. The topological polar surface area (TPSA) is 97.3 Å². The van der Waals surface area contributed by atoms with E-state index in [4.69, 9.17) is 21.1 Å². The van der Waals surface area contributed by atoms with Gasteiger partial charge in [-0.2, -0.15) is 9.41 Å². The van der Waals surface area contributed by atoms with Gasteiger partial charge in [0.2, 0.25) is 10.0 Å². The number of carbonyl (C=O) groups is 1. The Balaban J connectivity index is 1.56. The van der Waals surface area contributed by atoms with Crippen molar-refractivity contribution in [3.8, 4) is 5.75 Å². The lowest BCUT2D eigenvalue weighted by atomic mass is 10.1. The van der Waals surface area contributed by atoms with Gasteiger partial charge >= 0.3 is 0 Å². The number of ether oxygens (including phenoxy) is 2. The van der Waals surface area contributed by atoms with E-state index in [2.05, 4.69) is 10.5 Å². The van der Waals surface area contributed by atoms with Crippen LogP contribution in [0.25, 0.3) is 0 Å². The van der Waals surface area contributed by atoms with E-state index in [0.29, 0.717) is 48.4 Å². The second kappa shape index (κ2) is 10.0. The summed E-state index contributed by atoms with van der Waals surface area (Å²) in [5, 5.41) is 4.62. The average Bonchev–Trinajstić information content (AvgIpc) is 2.77. The molecule has 0 atom stereocenters. The van der Waals surface area contributed by atoms with Crippen molar-refractivity contribution in [1.29, 1.82) is 0 Å². The van der Waals surface area contributed by atoms with Crippen molar-refractivity contribution in [2.75, 3.05) is 32.9 Å². The SMILES string of the molecule is C/C(=N\NC(=O)COc1ccc(Cl)cc1)c1ccc(S(=O)(=O)N2CCOCC2)cc1. The number of nitrogens with one attached hydrogen (secondary N) is 1. The third-order valence-corrected chi connectivity index (χ3v) is 6.58. The molecule has 0 saturated carbocycles. The molecule has 1 fully saturated rings. The van der Waals surface area contributed by atoms with Gasteiger partial charge in [-0.05, 0) is 48.9 Å². The Hall–Kier alpha value is -2.46. The van der Waals surface area contributed by atoms with Crippen LogP contribution in [0.5, 0.6) is 5.75 Å². The molecule has 0 radical (unpaired) electrons. The van der Waals surface area contributed by atoms with Crippen molar-refractivity contribution in [1.82, 2.24) is 9.73 Å². The molecule has 160 valence electrons. The standard InChI is InChI=1S/C20H22ClN3O5S/c1-15(22-23-20(25)14-29-18-6-4-17(21)5-7-18)16-2-8-19(9-3-16)30(26,27)24-10-12-28-13-11-24/h2-9H,10-14H2,1H3,(H,23,25)/b22-15+. The summed E-state index contributed by atoms with van der Waals surface area (Å²) in [5.74, 6) is 0.100. The number of carbonyl (C=O) groups excluding carboxylic acids is 1. The molecule has 0 unspecified atom stereocenters. The van der Waals surface area contributed by atoms with Crippen LogP contribution in [0, 0.1) is 0 Å². The highest BCUT2D eigenvalue weighted by Gasteiger charge is 2.26. The van der Waals surface area contributed by atoms with Crippen LogP contribution in [0.4, 0.5) is 0 Å². The summed E-state index contributed by atoms with van der Waals surface area (Å²) >= 11 is 5.80. The van der Waals surface area contributed by atoms with E-state index < -0.39 is 15.9 Å². The summed E-state index contributed by atoms with van der Waals surface area (Å²) in [6, 6.07) is 13.0. The van der Waals surface area contributed by atoms with E-state index >= 15 is 0 Å². The molecular formula is C20H22ClN3O5S. The van der Waals surface area contributed by atoms with Gasteiger partial charge in [0.1, 0.15) is 5.75 Å². The highest BCUT2D eigenvalue weighted by atomic mass is 35.5. The lowest BCUT2D eigenvalue weighted by Gasteiger charge is -2.26. The Kier molecular flexibility index (Phi) is 7.43. The fourth-order valence-corrected chi connectivity index (χ4v) is 4.26. The van der Waals surface area contributed by atoms with Crippen LogP contribution in [-0.2, 0) is 19.6 Å². The minimum absolute atomic E-state index is 0.199. The highest BCUT2D eigenvalue weighted by Crippen LogP contribution is 2.18. The molecule has 1 saturated heterocycles. The molecule has 0 bridgehead atoms. The van der Waals surface area contributed by atoms with Crippen LogP contribution in [0.1, 0.15) is 12.5 Å². The van der Waals surface area contributed by atoms with Gasteiger partial charge in [-0.1, -0.05) is 23.7 Å². The van der Waals surface area contributed by atoms with Crippen LogP contribution < -0.4 is 10.2 Å². The molecule has 2 aromatic rings. The molecule has 1 heterocycles. The van der Waals surface area contributed by atoms with Gasteiger partial charge in [-0.3, -0.25) is 4.79 Å². The number of amides is 1. The van der Waals surface area contributed by atoms with Gasteiger partial charge in [0.25, 0.3) is 5.91 Å². The summed E-state index contributed by atoms with van der Waals surface area (Å²) in [7, 11) is -3.55. The number of rotatable bonds is 7. The first-order chi connectivity index (χ1) is 14.4. The molecule has 8 nitrogen and oxygen atoms in total. The van der Waals surface area contributed by atoms with E-state index in [1.54, 1.807) is 43.3 Å². The van der Waals surface area contributed by atoms with Crippen LogP contribution in [-0.4, -0.2) is 57.3 Å². The molecule has 1 aliphatic heterocycles. The van der Waals surface area contributed by atoms with Crippen LogP contribution in [0.2, 0.25) is 5.02 Å². The first-order valence-electron chi connectivity index (χ1n) is 9.26. The third kappa shape index (κ3) is 5.79. The summed E-state index contributed by atoms with van der Waals surface area (Å²) in [4.78, 5) is 12.1. The van der Waals surface area contributed by atoms with Gasteiger partial charge in [0, 0.05) is 18.1 Å². The van der Waals surface area contributed by atoms with E-state index in [1.807, 2.05) is 0 Å². The van der Waals surface area contributed by atoms with Gasteiger partial charge in [0.15, 0.2) is 6.61 Å². The predicted octanol–water partition coefficient (Wildman–Crippen LogP) is 2.28. The van der Waals surface area contributed by atoms with E-state index in [9.17, 15) is 13.2 Å². The maximum atomic E-state index is 12.7. The maximum absolute atomic E-state index is 12.7. The van der Waals surface area contributed by atoms with Crippen molar-refractivity contribution in [2.45, 2.75) is 11.8 Å². The van der Waals surface area contributed by atoms with E-state index in [1.165, 1.54) is 16.4 Å². The van der Waals surface area contributed by atoms with Crippen LogP contribution in [0.3, 0.4) is 0 Å². The molecule has 10 heteroatoms. The van der Waals surface area contributed by atoms with Crippen molar-refractivity contribution >= 4 is 33.2 Å². The number of morpholine rings is 1. The summed E-state index contributed by atoms with van der Waals surface area (Å²) < 4.78 is 37.3. The molecule has 0 aliphatic carbocycles. The first-order valence-corrected chi connectivity index (χ1v) is 11.1. The number of benzene rings is 2. The number of sulfonamides is 1. The molecule has 1 N–H and O–H groups in total. The van der Waals surface area contributed by atoms with E-state index in [-0.39, 0.29) is 11.5 Å². The highest BCUT2D eigenvalue weighted by molar-refractivity contribution is 7.89. The Bertz CT molecular complexity index is 1000. The summed E-state index contributed by atoms with van der Waals surface area (Å²) in [6.45, 7) is 2.99. The second-order valence-electron chi connectivity index (χ2n) is 6.52. The van der Waals surface area contributed by atoms with Gasteiger partial charge in [-0.15, -0.1) is 0 Å². The van der Waals surface area contributed by atoms with Crippen molar-refractivity contribution in [3.05, 3.63) is 59.1 Å². The summed E-state index contributed by atoms with van der Waals surface area (Å²) in [5.41, 5.74) is 3.64. The van der Waals surface area contributed by atoms with E-state index in [0.717, 1.165) is 0 Å². The molecular weight excluding hydrogens is 430 g/mol. The molecule has 0 spiro atoms. The third-order valence-electron chi connectivity index (χ3n) is 4.41. The molecule has 0 aromatic heterocycles. The minimum atomic E-state index is -3.55. The normalized spacial score (nSPS) is 15.6. The minimum Gasteiger partial charge on any atom is -0.484 e. The van der Waals surface area contributed by atoms with Crippen molar-refractivity contribution in [2.24, 2.45) is 5.10 Å². The van der Waals surface area contributed by atoms with Crippen molar-refractivity contribution in [3.63, 3.8) is 0 Å².